The fourth-order valence-electron chi connectivity index (χ4n) is 9.97. The van der Waals surface area contributed by atoms with Crippen molar-refractivity contribution in [1.29, 1.82) is 0 Å². The first-order valence-electron chi connectivity index (χ1n) is 16.5. The minimum Gasteiger partial charge on any atom is -0.393 e. The van der Waals surface area contributed by atoms with Crippen LogP contribution in [0.25, 0.3) is 0 Å². The molecule has 11 rings (SSSR count). The molecule has 10 aliphatic carbocycles. The molecule has 1 aliphatic heterocycles. The number of hydrogen-bond acceptors (Lipinski definition) is 2. The van der Waals surface area contributed by atoms with E-state index in [1.165, 1.54) is 76.0 Å². The molecule has 0 aromatic rings. The van der Waals surface area contributed by atoms with E-state index < -0.39 is 0 Å². The van der Waals surface area contributed by atoms with Crippen LogP contribution in [0.3, 0.4) is 0 Å². The van der Waals surface area contributed by atoms with E-state index >= 15 is 0 Å². The van der Waals surface area contributed by atoms with Crippen LogP contribution in [0, 0.1) is 59.2 Å². The summed E-state index contributed by atoms with van der Waals surface area (Å²) in [5, 5.41) is 9.22. The standard InChI is InChI=1S/C7H10O.C7H12O.C7H12.C7H10.C7H8/c1-2-5-3-4(1)6-7(5)8-6;8-7-4-5-1-2-6(7)3-5;3*1-2-7-4-3-6(1)5-7/h4-7H,1-3H2;5-8H,1-4H2;6-7H,1-5H2;1-2,6-7H,3-5H2;1-4,6-7H,5H2. The van der Waals surface area contributed by atoms with Gasteiger partial charge in [-0.15, -0.1) is 0 Å². The molecule has 1 saturated heterocycles. The van der Waals surface area contributed by atoms with Gasteiger partial charge in [0.05, 0.1) is 18.3 Å². The summed E-state index contributed by atoms with van der Waals surface area (Å²) in [6.07, 6.45) is 38.7. The Kier molecular flexibility index (Phi) is 7.44. The summed E-state index contributed by atoms with van der Waals surface area (Å²) in [4.78, 5) is 0. The van der Waals surface area contributed by atoms with Gasteiger partial charge < -0.3 is 9.84 Å². The van der Waals surface area contributed by atoms with E-state index in [0.717, 1.165) is 60.1 Å². The molecule has 0 amide bonds. The van der Waals surface area contributed by atoms with Crippen LogP contribution in [0.4, 0.5) is 0 Å². The van der Waals surface area contributed by atoms with E-state index in [4.69, 9.17) is 4.74 Å². The quantitative estimate of drug-likeness (QED) is 0.266. The second-order valence-electron chi connectivity index (χ2n) is 14.8. The number of aliphatic hydroxyl groups is 1. The zero-order valence-electron chi connectivity index (χ0n) is 23.1. The van der Waals surface area contributed by atoms with Crippen LogP contribution < -0.4 is 0 Å². The third kappa shape index (κ3) is 5.86. The normalized spacial score (nSPS) is 51.6. The Morgan fingerprint density at radius 1 is 0.432 bits per heavy atom. The van der Waals surface area contributed by atoms with Gasteiger partial charge in [-0.3, -0.25) is 0 Å². The van der Waals surface area contributed by atoms with Gasteiger partial charge in [-0.2, -0.15) is 0 Å². The van der Waals surface area contributed by atoms with Gasteiger partial charge in [0.1, 0.15) is 0 Å². The number of epoxide rings is 1. The molecule has 0 aromatic heterocycles. The molecule has 1 heterocycles. The highest BCUT2D eigenvalue weighted by Gasteiger charge is 2.59. The van der Waals surface area contributed by atoms with Crippen molar-refractivity contribution in [2.24, 2.45) is 59.2 Å². The third-order valence-electron chi connectivity index (χ3n) is 12.3. The molecule has 0 spiro atoms. The van der Waals surface area contributed by atoms with Crippen molar-refractivity contribution < 1.29 is 9.84 Å². The topological polar surface area (TPSA) is 32.8 Å². The number of aliphatic hydroxyl groups excluding tert-OH is 1. The fourth-order valence-corrected chi connectivity index (χ4v) is 9.97. The van der Waals surface area contributed by atoms with Gasteiger partial charge in [-0.25, -0.2) is 0 Å². The molecule has 8 fully saturated rings. The highest BCUT2D eigenvalue weighted by atomic mass is 16.6. The van der Waals surface area contributed by atoms with E-state index in [1.807, 2.05) is 0 Å². The molecule has 0 aromatic carbocycles. The van der Waals surface area contributed by atoms with Crippen molar-refractivity contribution in [2.45, 2.75) is 121 Å². The van der Waals surface area contributed by atoms with E-state index in [0.29, 0.717) is 5.92 Å². The minimum atomic E-state index is 0.0775. The lowest BCUT2D eigenvalue weighted by molar-refractivity contribution is 0.113. The Morgan fingerprint density at radius 3 is 1.19 bits per heavy atom. The Labute approximate surface area is 226 Å². The van der Waals surface area contributed by atoms with Crippen molar-refractivity contribution in [3.8, 4) is 0 Å². The smallest absolute Gasteiger partial charge is 0.0872 e. The van der Waals surface area contributed by atoms with Gasteiger partial charge in [-0.1, -0.05) is 62.1 Å². The van der Waals surface area contributed by atoms with Crippen LogP contribution in [0.5, 0.6) is 0 Å². The largest absolute Gasteiger partial charge is 0.393 e. The van der Waals surface area contributed by atoms with Gasteiger partial charge in [0, 0.05) is 0 Å². The molecular formula is C35H52O2. The molecule has 10 bridgehead atoms. The summed E-state index contributed by atoms with van der Waals surface area (Å²) in [6, 6.07) is 0. The predicted octanol–water partition coefficient (Wildman–Crippen LogP) is 8.27. The lowest BCUT2D eigenvalue weighted by Gasteiger charge is -2.14. The summed E-state index contributed by atoms with van der Waals surface area (Å²) >= 11 is 0. The minimum absolute atomic E-state index is 0.0775. The Morgan fingerprint density at radius 2 is 0.973 bits per heavy atom. The maximum atomic E-state index is 9.22. The summed E-state index contributed by atoms with van der Waals surface area (Å²) < 4.78 is 5.44. The maximum Gasteiger partial charge on any atom is 0.0872 e. The van der Waals surface area contributed by atoms with Crippen LogP contribution in [0.1, 0.15) is 103 Å². The van der Waals surface area contributed by atoms with Crippen molar-refractivity contribution in [3.05, 3.63) is 36.5 Å². The summed E-state index contributed by atoms with van der Waals surface area (Å²) in [6.45, 7) is 0. The van der Waals surface area contributed by atoms with Gasteiger partial charge >= 0.3 is 0 Å². The predicted molar refractivity (Wildman–Crippen MR) is 151 cm³/mol. The van der Waals surface area contributed by atoms with Gasteiger partial charge in [0.2, 0.25) is 0 Å². The third-order valence-corrected chi connectivity index (χ3v) is 12.3. The zero-order valence-corrected chi connectivity index (χ0v) is 23.1. The van der Waals surface area contributed by atoms with Crippen LogP contribution in [-0.2, 0) is 4.74 Å². The molecule has 204 valence electrons. The first-order chi connectivity index (χ1) is 18.2. The average Bonchev–Trinajstić information content (AvgIpc) is 3.77. The van der Waals surface area contributed by atoms with Gasteiger partial charge in [-0.05, 0) is 136 Å². The van der Waals surface area contributed by atoms with Gasteiger partial charge in [0.15, 0.2) is 0 Å². The van der Waals surface area contributed by atoms with E-state index in [2.05, 4.69) is 36.5 Å². The highest BCUT2D eigenvalue weighted by Crippen LogP contribution is 2.56. The van der Waals surface area contributed by atoms with Crippen molar-refractivity contribution in [3.63, 3.8) is 0 Å². The van der Waals surface area contributed by atoms with Crippen molar-refractivity contribution in [1.82, 2.24) is 0 Å². The molecule has 2 heteroatoms. The molecule has 37 heavy (non-hydrogen) atoms. The SMILES string of the molecule is C1=CC2C=CC1C2.C1=CC2CCC1C2.C1CC2CC1C1OC21.C1CC2CCC1C2.OC1CC2CCC1C2. The van der Waals surface area contributed by atoms with E-state index in [9.17, 15) is 5.11 Å². The Balaban J connectivity index is 0.0000000782. The summed E-state index contributed by atoms with van der Waals surface area (Å²) in [7, 11) is 0. The van der Waals surface area contributed by atoms with Crippen molar-refractivity contribution in [2.75, 3.05) is 0 Å². The molecule has 11 aliphatic rings. The molecule has 2 nitrogen and oxygen atoms in total. The zero-order chi connectivity index (χ0) is 24.8. The lowest BCUT2D eigenvalue weighted by Crippen LogP contribution is -2.14. The molecular weight excluding hydrogens is 452 g/mol. The van der Waals surface area contributed by atoms with Crippen LogP contribution in [0.2, 0.25) is 0 Å². The maximum absolute atomic E-state index is 9.22. The van der Waals surface area contributed by atoms with E-state index in [1.54, 1.807) is 32.1 Å². The molecule has 9 atom stereocenters. The Hall–Kier alpha value is -0.860. The number of ether oxygens (including phenoxy) is 1. The number of fused-ring (bicyclic) bond motifs is 13. The Bertz CT molecular complexity index is 787. The summed E-state index contributed by atoms with van der Waals surface area (Å²) in [5.41, 5.74) is 0. The molecule has 0 radical (unpaired) electrons. The summed E-state index contributed by atoms with van der Waals surface area (Å²) in [5.74, 6) is 9.52. The molecule has 7 saturated carbocycles. The molecule has 1 N–H and O–H groups in total. The second kappa shape index (κ2) is 11.0. The highest BCUT2D eigenvalue weighted by molar-refractivity contribution is 5.21. The van der Waals surface area contributed by atoms with Crippen LogP contribution in [0.15, 0.2) is 36.5 Å². The van der Waals surface area contributed by atoms with Crippen molar-refractivity contribution >= 4 is 0 Å². The first kappa shape index (κ1) is 25.1. The van der Waals surface area contributed by atoms with Crippen LogP contribution >= 0.6 is 0 Å². The number of allylic oxidation sites excluding steroid dienone is 6. The van der Waals surface area contributed by atoms with Crippen LogP contribution in [-0.4, -0.2) is 23.4 Å². The first-order valence-corrected chi connectivity index (χ1v) is 16.5. The van der Waals surface area contributed by atoms with Gasteiger partial charge in [0.25, 0.3) is 0 Å². The number of rotatable bonds is 0. The number of hydrogen-bond donors (Lipinski definition) is 1. The average molecular weight is 505 g/mol. The lowest BCUT2D eigenvalue weighted by atomic mass is 9.98. The molecule has 9 unspecified atom stereocenters. The fraction of sp³-hybridized carbons (Fsp3) is 0.829. The monoisotopic (exact) mass is 504 g/mol. The van der Waals surface area contributed by atoms with E-state index in [-0.39, 0.29) is 6.10 Å². The second-order valence-corrected chi connectivity index (χ2v) is 14.8.